The molecule has 0 N–H and O–H groups in total. The lowest BCUT2D eigenvalue weighted by Crippen LogP contribution is -2.08. The minimum Gasteiger partial charge on any atom is -0.377 e. The van der Waals surface area contributed by atoms with E-state index >= 15 is 0 Å². The van der Waals surface area contributed by atoms with E-state index in [0.717, 1.165) is 16.5 Å². The van der Waals surface area contributed by atoms with Crippen LogP contribution in [0.2, 0.25) is 0 Å². The fourth-order valence-electron chi connectivity index (χ4n) is 2.56. The first-order chi connectivity index (χ1) is 11.6. The van der Waals surface area contributed by atoms with Crippen molar-refractivity contribution in [2.24, 2.45) is 10.2 Å². The molecule has 0 aromatic heterocycles. The molecule has 0 amide bonds. The molecule has 3 aromatic rings. The van der Waals surface area contributed by atoms with E-state index in [0.29, 0.717) is 5.69 Å². The standard InChI is InChI=1S/C18H16N4O2/c1-21(2)17-12-11-15(13-7-3-4-8-14(13)17)19-20-16-9-5-6-10-18(16)22(23)24/h3-12H,1-2H3. The van der Waals surface area contributed by atoms with Crippen molar-refractivity contribution in [2.75, 3.05) is 19.0 Å². The molecule has 3 rings (SSSR count). The molecule has 0 aliphatic carbocycles. The predicted molar refractivity (Wildman–Crippen MR) is 95.5 cm³/mol. The Hall–Kier alpha value is -3.28. The lowest BCUT2D eigenvalue weighted by atomic mass is 10.1. The van der Waals surface area contributed by atoms with Gasteiger partial charge in [-0.2, -0.15) is 0 Å². The summed E-state index contributed by atoms with van der Waals surface area (Å²) in [5, 5.41) is 21.4. The maximum absolute atomic E-state index is 11.1. The number of anilines is 1. The number of hydrogen-bond acceptors (Lipinski definition) is 5. The topological polar surface area (TPSA) is 71.1 Å². The van der Waals surface area contributed by atoms with Gasteiger partial charge in [0.05, 0.1) is 10.6 Å². The quantitative estimate of drug-likeness (QED) is 0.375. The normalized spacial score (nSPS) is 11.1. The zero-order chi connectivity index (χ0) is 17.1. The summed E-state index contributed by atoms with van der Waals surface area (Å²) in [6.45, 7) is 0. The summed E-state index contributed by atoms with van der Waals surface area (Å²) in [7, 11) is 3.96. The van der Waals surface area contributed by atoms with Crippen molar-refractivity contribution in [3.05, 3.63) is 70.8 Å². The monoisotopic (exact) mass is 320 g/mol. The molecule has 0 fully saturated rings. The third-order valence-corrected chi connectivity index (χ3v) is 3.70. The van der Waals surface area contributed by atoms with E-state index in [1.165, 1.54) is 6.07 Å². The number of rotatable bonds is 4. The van der Waals surface area contributed by atoms with Crippen LogP contribution >= 0.6 is 0 Å². The van der Waals surface area contributed by atoms with Crippen molar-refractivity contribution >= 4 is 33.5 Å². The van der Waals surface area contributed by atoms with Crippen LogP contribution in [0.1, 0.15) is 0 Å². The van der Waals surface area contributed by atoms with Crippen LogP contribution in [-0.4, -0.2) is 19.0 Å². The Balaban J connectivity index is 2.09. The van der Waals surface area contributed by atoms with Crippen molar-refractivity contribution < 1.29 is 4.92 Å². The molecule has 0 aliphatic heterocycles. The van der Waals surface area contributed by atoms with E-state index in [-0.39, 0.29) is 11.4 Å². The molecule has 6 nitrogen and oxygen atoms in total. The molecule has 0 aliphatic rings. The predicted octanol–water partition coefficient (Wildman–Crippen LogP) is 5.23. The van der Waals surface area contributed by atoms with Crippen molar-refractivity contribution in [3.63, 3.8) is 0 Å². The van der Waals surface area contributed by atoms with Crippen molar-refractivity contribution in [1.29, 1.82) is 0 Å². The lowest BCUT2D eigenvalue weighted by molar-refractivity contribution is -0.384. The van der Waals surface area contributed by atoms with Crippen molar-refractivity contribution in [2.45, 2.75) is 0 Å². The highest BCUT2D eigenvalue weighted by Gasteiger charge is 2.12. The maximum Gasteiger partial charge on any atom is 0.296 e. The van der Waals surface area contributed by atoms with E-state index in [1.807, 2.05) is 55.4 Å². The van der Waals surface area contributed by atoms with Gasteiger partial charge < -0.3 is 4.90 Å². The van der Waals surface area contributed by atoms with Crippen LogP contribution < -0.4 is 4.90 Å². The molecular weight excluding hydrogens is 304 g/mol. The zero-order valence-corrected chi connectivity index (χ0v) is 13.4. The number of nitro groups is 1. The Labute approximate surface area is 139 Å². The summed E-state index contributed by atoms with van der Waals surface area (Å²) in [6.07, 6.45) is 0. The molecular formula is C18H16N4O2. The molecule has 0 saturated heterocycles. The van der Waals surface area contributed by atoms with Gasteiger partial charge in [0.2, 0.25) is 0 Å². The Kier molecular flexibility index (Phi) is 4.20. The Bertz CT molecular complexity index is 935. The second kappa shape index (κ2) is 6.45. The highest BCUT2D eigenvalue weighted by Crippen LogP contribution is 2.35. The van der Waals surface area contributed by atoms with Gasteiger partial charge in [-0.1, -0.05) is 36.4 Å². The summed E-state index contributed by atoms with van der Waals surface area (Å²) in [5.74, 6) is 0. The van der Waals surface area contributed by atoms with E-state index in [2.05, 4.69) is 10.2 Å². The van der Waals surface area contributed by atoms with Gasteiger partial charge in [0.1, 0.15) is 0 Å². The fraction of sp³-hybridized carbons (Fsp3) is 0.111. The van der Waals surface area contributed by atoms with E-state index in [1.54, 1.807) is 18.2 Å². The Morgan fingerprint density at radius 3 is 2.17 bits per heavy atom. The van der Waals surface area contributed by atoms with E-state index < -0.39 is 4.92 Å². The smallest absolute Gasteiger partial charge is 0.296 e. The summed E-state index contributed by atoms with van der Waals surface area (Å²) < 4.78 is 0. The SMILES string of the molecule is CN(C)c1ccc(N=Nc2ccccc2[N+](=O)[O-])c2ccccc12. The molecule has 0 bridgehead atoms. The molecule has 0 heterocycles. The average molecular weight is 320 g/mol. The second-order valence-electron chi connectivity index (χ2n) is 5.49. The number of fused-ring (bicyclic) bond motifs is 1. The number of hydrogen-bond donors (Lipinski definition) is 0. The van der Waals surface area contributed by atoms with E-state index in [4.69, 9.17) is 0 Å². The van der Waals surface area contributed by atoms with Crippen LogP contribution in [0.15, 0.2) is 70.9 Å². The molecule has 24 heavy (non-hydrogen) atoms. The first-order valence-corrected chi connectivity index (χ1v) is 7.42. The van der Waals surface area contributed by atoms with Crippen molar-refractivity contribution in [3.8, 4) is 0 Å². The fourth-order valence-corrected chi connectivity index (χ4v) is 2.56. The van der Waals surface area contributed by atoms with Crippen LogP contribution in [0, 0.1) is 10.1 Å². The first-order valence-electron chi connectivity index (χ1n) is 7.42. The van der Waals surface area contributed by atoms with Gasteiger partial charge in [0, 0.05) is 36.6 Å². The highest BCUT2D eigenvalue weighted by molar-refractivity contribution is 6.01. The summed E-state index contributed by atoms with van der Waals surface area (Å²) in [6, 6.07) is 18.0. The molecule has 0 radical (unpaired) electrons. The molecule has 0 saturated carbocycles. The Morgan fingerprint density at radius 1 is 0.833 bits per heavy atom. The largest absolute Gasteiger partial charge is 0.377 e. The van der Waals surface area contributed by atoms with Crippen molar-refractivity contribution in [1.82, 2.24) is 0 Å². The van der Waals surface area contributed by atoms with Crippen LogP contribution in [-0.2, 0) is 0 Å². The molecule has 3 aromatic carbocycles. The summed E-state index contributed by atoms with van der Waals surface area (Å²) in [4.78, 5) is 12.6. The third-order valence-electron chi connectivity index (χ3n) is 3.70. The van der Waals surface area contributed by atoms with Gasteiger partial charge in [0.25, 0.3) is 5.69 Å². The molecule has 0 atom stereocenters. The van der Waals surface area contributed by atoms with Crippen LogP contribution in [0.5, 0.6) is 0 Å². The average Bonchev–Trinajstić information content (AvgIpc) is 2.59. The lowest BCUT2D eigenvalue weighted by Gasteiger charge is -2.16. The van der Waals surface area contributed by atoms with Crippen LogP contribution in [0.4, 0.5) is 22.7 Å². The second-order valence-corrected chi connectivity index (χ2v) is 5.49. The first kappa shape index (κ1) is 15.6. The maximum atomic E-state index is 11.1. The minimum atomic E-state index is -0.457. The van der Waals surface area contributed by atoms with Gasteiger partial charge in [-0.25, -0.2) is 0 Å². The van der Waals surface area contributed by atoms with Crippen LogP contribution in [0.3, 0.4) is 0 Å². The summed E-state index contributed by atoms with van der Waals surface area (Å²) in [5.41, 5.74) is 1.93. The number of nitro benzene ring substituents is 1. The van der Waals surface area contributed by atoms with Gasteiger partial charge in [-0.3, -0.25) is 10.1 Å². The third kappa shape index (κ3) is 2.94. The minimum absolute atomic E-state index is 0.0598. The van der Waals surface area contributed by atoms with E-state index in [9.17, 15) is 10.1 Å². The summed E-state index contributed by atoms with van der Waals surface area (Å²) >= 11 is 0. The molecule has 0 spiro atoms. The van der Waals surface area contributed by atoms with Crippen LogP contribution in [0.25, 0.3) is 10.8 Å². The number of para-hydroxylation sites is 1. The number of azo groups is 1. The van der Waals surface area contributed by atoms with Gasteiger partial charge in [0.15, 0.2) is 5.69 Å². The zero-order valence-electron chi connectivity index (χ0n) is 13.4. The number of nitrogens with zero attached hydrogens (tertiary/aromatic N) is 4. The van der Waals surface area contributed by atoms with Gasteiger partial charge in [-0.15, -0.1) is 10.2 Å². The highest BCUT2D eigenvalue weighted by atomic mass is 16.6. The number of benzene rings is 3. The molecule has 6 heteroatoms. The molecule has 0 unspecified atom stereocenters. The van der Waals surface area contributed by atoms with Gasteiger partial charge >= 0.3 is 0 Å². The Morgan fingerprint density at radius 2 is 1.46 bits per heavy atom. The van der Waals surface area contributed by atoms with Gasteiger partial charge in [-0.05, 0) is 18.2 Å². The molecule has 120 valence electrons.